The Morgan fingerprint density at radius 3 is 2.28 bits per heavy atom. The zero-order valence-electron chi connectivity index (χ0n) is 13.4. The van der Waals surface area contributed by atoms with Gasteiger partial charge in [0.25, 0.3) is 0 Å². The predicted octanol–water partition coefficient (Wildman–Crippen LogP) is 5.97. The molecule has 0 N–H and O–H groups in total. The van der Waals surface area contributed by atoms with E-state index in [4.69, 9.17) is 4.42 Å². The molecule has 0 spiro atoms. The van der Waals surface area contributed by atoms with Crippen LogP contribution in [0.15, 0.2) is 89.3 Å². The number of ketones is 1. The molecule has 0 radical (unpaired) electrons. The van der Waals surface area contributed by atoms with Gasteiger partial charge in [0.1, 0.15) is 11.2 Å². The van der Waals surface area contributed by atoms with Crippen LogP contribution in [0.4, 0.5) is 0 Å². The summed E-state index contributed by atoms with van der Waals surface area (Å²) in [5.41, 5.74) is 2.94. The Hall–Kier alpha value is -3.39. The largest absolute Gasteiger partial charge is 0.456 e. The Balaban J connectivity index is 1.69. The second-order valence-electron chi connectivity index (χ2n) is 6.16. The van der Waals surface area contributed by atoms with Gasteiger partial charge in [-0.15, -0.1) is 0 Å². The summed E-state index contributed by atoms with van der Waals surface area (Å²) < 4.78 is 5.91. The van der Waals surface area contributed by atoms with Gasteiger partial charge in [-0.25, -0.2) is 0 Å². The van der Waals surface area contributed by atoms with Crippen LogP contribution in [0.5, 0.6) is 0 Å². The maximum Gasteiger partial charge on any atom is 0.193 e. The van der Waals surface area contributed by atoms with E-state index in [1.165, 1.54) is 0 Å². The highest BCUT2D eigenvalue weighted by Gasteiger charge is 2.14. The second kappa shape index (κ2) is 5.32. The number of fused-ring (bicyclic) bond motifs is 4. The minimum absolute atomic E-state index is 0.0131. The molecule has 0 amide bonds. The zero-order chi connectivity index (χ0) is 16.8. The molecule has 0 aliphatic heterocycles. The summed E-state index contributed by atoms with van der Waals surface area (Å²) in [6.07, 6.45) is 0. The molecule has 5 rings (SSSR count). The molecule has 0 saturated carbocycles. The fourth-order valence-electron chi connectivity index (χ4n) is 3.45. The van der Waals surface area contributed by atoms with E-state index in [0.29, 0.717) is 11.1 Å². The van der Waals surface area contributed by atoms with Gasteiger partial charge in [-0.1, -0.05) is 66.7 Å². The van der Waals surface area contributed by atoms with Crippen LogP contribution in [0.3, 0.4) is 0 Å². The minimum atomic E-state index is 0.0131. The van der Waals surface area contributed by atoms with Crippen molar-refractivity contribution in [3.63, 3.8) is 0 Å². The van der Waals surface area contributed by atoms with Crippen LogP contribution in [0.25, 0.3) is 32.7 Å². The average Bonchev–Trinajstić information content (AvgIpc) is 3.04. The Morgan fingerprint density at radius 2 is 1.36 bits per heavy atom. The topological polar surface area (TPSA) is 30.2 Å². The Labute approximate surface area is 144 Å². The van der Waals surface area contributed by atoms with Crippen molar-refractivity contribution in [3.05, 3.63) is 96.1 Å². The molecule has 2 heteroatoms. The number of hydrogen-bond donors (Lipinski definition) is 0. The predicted molar refractivity (Wildman–Crippen MR) is 101 cm³/mol. The SMILES string of the molecule is O=C(c1ccc2c(c1)oc1ccccc12)c1cccc2ccccc12. The third kappa shape index (κ3) is 2.15. The molecule has 0 aliphatic rings. The number of carbonyl (C=O) groups is 1. The molecule has 0 unspecified atom stereocenters. The first-order valence-corrected chi connectivity index (χ1v) is 8.25. The van der Waals surface area contributed by atoms with Gasteiger partial charge in [-0.05, 0) is 29.0 Å². The van der Waals surface area contributed by atoms with Gasteiger partial charge in [0.05, 0.1) is 0 Å². The molecule has 0 atom stereocenters. The third-order valence-corrected chi connectivity index (χ3v) is 4.68. The summed E-state index contributed by atoms with van der Waals surface area (Å²) in [6, 6.07) is 27.4. The molecule has 1 aromatic heterocycles. The number of hydrogen-bond acceptors (Lipinski definition) is 2. The van der Waals surface area contributed by atoms with Gasteiger partial charge < -0.3 is 4.42 Å². The van der Waals surface area contributed by atoms with Crippen molar-refractivity contribution >= 4 is 38.5 Å². The molecule has 4 aromatic carbocycles. The highest BCUT2D eigenvalue weighted by atomic mass is 16.3. The van der Waals surface area contributed by atoms with E-state index in [1.807, 2.05) is 84.9 Å². The molecule has 2 nitrogen and oxygen atoms in total. The number of rotatable bonds is 2. The van der Waals surface area contributed by atoms with Crippen LogP contribution in [0.1, 0.15) is 15.9 Å². The van der Waals surface area contributed by atoms with Gasteiger partial charge in [0.15, 0.2) is 5.78 Å². The third-order valence-electron chi connectivity index (χ3n) is 4.68. The monoisotopic (exact) mass is 322 g/mol. The minimum Gasteiger partial charge on any atom is -0.456 e. The molecule has 0 bridgehead atoms. The van der Waals surface area contributed by atoms with Gasteiger partial charge in [0.2, 0.25) is 0 Å². The van der Waals surface area contributed by atoms with Crippen LogP contribution in [-0.2, 0) is 0 Å². The second-order valence-corrected chi connectivity index (χ2v) is 6.16. The Morgan fingerprint density at radius 1 is 0.640 bits per heavy atom. The maximum atomic E-state index is 13.1. The van der Waals surface area contributed by atoms with E-state index in [-0.39, 0.29) is 5.78 Å². The van der Waals surface area contributed by atoms with E-state index in [1.54, 1.807) is 0 Å². The van der Waals surface area contributed by atoms with Gasteiger partial charge in [-0.3, -0.25) is 4.79 Å². The number of furan rings is 1. The van der Waals surface area contributed by atoms with Crippen molar-refractivity contribution in [2.45, 2.75) is 0 Å². The van der Waals surface area contributed by atoms with Crippen LogP contribution < -0.4 is 0 Å². The number of benzene rings is 4. The molecule has 118 valence electrons. The molecular weight excluding hydrogens is 308 g/mol. The highest BCUT2D eigenvalue weighted by Crippen LogP contribution is 2.30. The Kier molecular flexibility index (Phi) is 2.98. The summed E-state index contributed by atoms with van der Waals surface area (Å²) in [5, 5.41) is 4.14. The summed E-state index contributed by atoms with van der Waals surface area (Å²) >= 11 is 0. The summed E-state index contributed by atoms with van der Waals surface area (Å²) in [5.74, 6) is 0.0131. The molecule has 25 heavy (non-hydrogen) atoms. The standard InChI is InChI=1S/C23H14O2/c24-23(20-10-5-7-15-6-1-2-8-17(15)20)16-12-13-19-18-9-3-4-11-21(18)25-22(19)14-16/h1-14H. The first-order chi connectivity index (χ1) is 12.3. The normalized spacial score (nSPS) is 11.4. The van der Waals surface area contributed by atoms with Crippen molar-refractivity contribution in [1.29, 1.82) is 0 Å². The smallest absolute Gasteiger partial charge is 0.193 e. The summed E-state index contributed by atoms with van der Waals surface area (Å²) in [6.45, 7) is 0. The van der Waals surface area contributed by atoms with E-state index in [9.17, 15) is 4.79 Å². The fraction of sp³-hybridized carbons (Fsp3) is 0. The van der Waals surface area contributed by atoms with Crippen molar-refractivity contribution in [2.75, 3.05) is 0 Å². The van der Waals surface area contributed by atoms with Crippen LogP contribution in [0.2, 0.25) is 0 Å². The lowest BCUT2D eigenvalue weighted by Crippen LogP contribution is -2.01. The van der Waals surface area contributed by atoms with E-state index >= 15 is 0 Å². The molecule has 5 aromatic rings. The quantitative estimate of drug-likeness (QED) is 0.375. The van der Waals surface area contributed by atoms with Crippen LogP contribution in [0, 0.1) is 0 Å². The van der Waals surface area contributed by atoms with Gasteiger partial charge in [0, 0.05) is 21.9 Å². The van der Waals surface area contributed by atoms with E-state index in [2.05, 4.69) is 0 Å². The highest BCUT2D eigenvalue weighted by molar-refractivity contribution is 6.18. The van der Waals surface area contributed by atoms with Gasteiger partial charge >= 0.3 is 0 Å². The van der Waals surface area contributed by atoms with Crippen molar-refractivity contribution in [1.82, 2.24) is 0 Å². The van der Waals surface area contributed by atoms with Crippen molar-refractivity contribution < 1.29 is 9.21 Å². The zero-order valence-corrected chi connectivity index (χ0v) is 13.4. The maximum absolute atomic E-state index is 13.1. The Bertz CT molecular complexity index is 1260. The first kappa shape index (κ1) is 14.0. The van der Waals surface area contributed by atoms with Crippen molar-refractivity contribution in [3.8, 4) is 0 Å². The lowest BCUT2D eigenvalue weighted by atomic mass is 9.97. The molecule has 1 heterocycles. The van der Waals surface area contributed by atoms with E-state index < -0.39 is 0 Å². The number of carbonyl (C=O) groups excluding carboxylic acids is 1. The molecule has 0 aliphatic carbocycles. The van der Waals surface area contributed by atoms with Crippen LogP contribution >= 0.6 is 0 Å². The lowest BCUT2D eigenvalue weighted by molar-refractivity contribution is 0.104. The fourth-order valence-corrected chi connectivity index (χ4v) is 3.45. The molecule has 0 fully saturated rings. The average molecular weight is 322 g/mol. The summed E-state index contributed by atoms with van der Waals surface area (Å²) in [4.78, 5) is 13.1. The van der Waals surface area contributed by atoms with Crippen LogP contribution in [-0.4, -0.2) is 5.78 Å². The lowest BCUT2D eigenvalue weighted by Gasteiger charge is -2.06. The van der Waals surface area contributed by atoms with Gasteiger partial charge in [-0.2, -0.15) is 0 Å². The van der Waals surface area contributed by atoms with Crippen molar-refractivity contribution in [2.24, 2.45) is 0 Å². The van der Waals surface area contributed by atoms with E-state index in [0.717, 1.165) is 32.7 Å². The summed E-state index contributed by atoms with van der Waals surface area (Å²) in [7, 11) is 0. The first-order valence-electron chi connectivity index (χ1n) is 8.25. The molecular formula is C23H14O2. The molecule has 0 saturated heterocycles. The number of para-hydroxylation sites is 1.